The highest BCUT2D eigenvalue weighted by molar-refractivity contribution is 5.82. The van der Waals surface area contributed by atoms with Crippen LogP contribution < -0.4 is 5.56 Å². The number of carbonyl (C=O) groups is 1. The van der Waals surface area contributed by atoms with Crippen molar-refractivity contribution in [2.45, 2.75) is 0 Å². The molecule has 1 aromatic heterocycles. The van der Waals surface area contributed by atoms with E-state index in [9.17, 15) is 9.59 Å². The molecule has 1 aromatic carbocycles. The third-order valence-corrected chi connectivity index (χ3v) is 2.46. The van der Waals surface area contributed by atoms with Gasteiger partial charge in [0.1, 0.15) is 5.56 Å². The summed E-state index contributed by atoms with van der Waals surface area (Å²) in [6, 6.07) is 9.01. The Kier molecular flexibility index (Phi) is 3.61. The van der Waals surface area contributed by atoms with E-state index < -0.39 is 5.56 Å². The molecule has 0 saturated carbocycles. The van der Waals surface area contributed by atoms with Crippen molar-refractivity contribution >= 4 is 18.4 Å². The first-order chi connectivity index (χ1) is 9.13. The zero-order chi connectivity index (χ0) is 13.8. The summed E-state index contributed by atoms with van der Waals surface area (Å²) >= 11 is 0. The van der Waals surface area contributed by atoms with Gasteiger partial charge in [-0.25, -0.2) is 9.67 Å². The lowest BCUT2D eigenvalue weighted by atomic mass is 10.3. The monoisotopic (exact) mass is 258 g/mol. The van der Waals surface area contributed by atoms with Gasteiger partial charge in [0.25, 0.3) is 5.56 Å². The third kappa shape index (κ3) is 2.62. The summed E-state index contributed by atoms with van der Waals surface area (Å²) < 4.78 is 1.30. The lowest BCUT2D eigenvalue weighted by Gasteiger charge is -2.01. The molecular weight excluding hydrogens is 244 g/mol. The Hall–Kier alpha value is -2.63. The van der Waals surface area contributed by atoms with Gasteiger partial charge in [-0.05, 0) is 12.1 Å². The second kappa shape index (κ2) is 5.34. The van der Waals surface area contributed by atoms with Gasteiger partial charge in [-0.1, -0.05) is 18.2 Å². The van der Waals surface area contributed by atoms with E-state index in [0.29, 0.717) is 12.0 Å². The van der Waals surface area contributed by atoms with Crippen LogP contribution in [0.5, 0.6) is 0 Å². The molecule has 0 aliphatic rings. The summed E-state index contributed by atoms with van der Waals surface area (Å²) in [7, 11) is 3.60. The normalized spacial score (nSPS) is 10.8. The van der Waals surface area contributed by atoms with Crippen molar-refractivity contribution < 1.29 is 4.79 Å². The molecular formula is C13H14N4O2. The predicted molar refractivity (Wildman–Crippen MR) is 73.6 cm³/mol. The number of hydrogen-bond acceptors (Lipinski definition) is 3. The largest absolute Gasteiger partial charge is 0.369 e. The van der Waals surface area contributed by atoms with Gasteiger partial charge in [-0.3, -0.25) is 14.7 Å². The first kappa shape index (κ1) is 12.8. The van der Waals surface area contributed by atoms with E-state index in [1.54, 1.807) is 31.1 Å². The van der Waals surface area contributed by atoms with Crippen LogP contribution in [0.2, 0.25) is 0 Å². The van der Waals surface area contributed by atoms with E-state index in [2.05, 4.69) is 10.1 Å². The van der Waals surface area contributed by atoms with Crippen LogP contribution in [0.25, 0.3) is 5.69 Å². The highest BCUT2D eigenvalue weighted by Gasteiger charge is 2.13. The Labute approximate surface area is 110 Å². The molecule has 0 aliphatic heterocycles. The molecule has 2 aromatic rings. The van der Waals surface area contributed by atoms with Crippen LogP contribution in [-0.4, -0.2) is 41.4 Å². The van der Waals surface area contributed by atoms with E-state index in [1.165, 1.54) is 11.0 Å². The van der Waals surface area contributed by atoms with Gasteiger partial charge in [0.05, 0.1) is 12.0 Å². The number of aromatic nitrogens is 2. The van der Waals surface area contributed by atoms with Crippen molar-refractivity contribution in [3.63, 3.8) is 0 Å². The van der Waals surface area contributed by atoms with Crippen molar-refractivity contribution in [1.82, 2.24) is 14.7 Å². The first-order valence-corrected chi connectivity index (χ1v) is 5.69. The molecule has 1 N–H and O–H groups in total. The molecule has 0 saturated heterocycles. The predicted octanol–water partition coefficient (Wildman–Crippen LogP) is 1.20. The average molecular weight is 258 g/mol. The van der Waals surface area contributed by atoms with Gasteiger partial charge < -0.3 is 4.90 Å². The SMILES string of the molecule is CN(C)/C=N/c1[nH]n(-c2ccccc2)c(=O)c1C=O. The Balaban J connectivity index is 2.54. The standard InChI is InChI=1S/C13H14N4O2/c1-16(2)9-14-12-11(8-18)13(19)17(15-12)10-6-4-3-5-7-10/h3-9,15H,1-2H3/b14-9+. The van der Waals surface area contributed by atoms with Crippen LogP contribution in [0.15, 0.2) is 40.1 Å². The first-order valence-electron chi connectivity index (χ1n) is 5.69. The molecule has 2 rings (SSSR count). The maximum atomic E-state index is 12.1. The second-order valence-corrected chi connectivity index (χ2v) is 4.18. The molecule has 0 spiro atoms. The molecule has 0 fully saturated rings. The number of aldehydes is 1. The summed E-state index contributed by atoms with van der Waals surface area (Å²) in [5.74, 6) is 0.248. The van der Waals surface area contributed by atoms with Gasteiger partial charge in [-0.15, -0.1) is 0 Å². The van der Waals surface area contributed by atoms with Crippen LogP contribution >= 0.6 is 0 Å². The lowest BCUT2D eigenvalue weighted by Crippen LogP contribution is -2.16. The Bertz CT molecular complexity index is 653. The quantitative estimate of drug-likeness (QED) is 0.509. The van der Waals surface area contributed by atoms with Crippen LogP contribution in [-0.2, 0) is 0 Å². The van der Waals surface area contributed by atoms with Crippen LogP contribution in [0, 0.1) is 0 Å². The highest BCUT2D eigenvalue weighted by Crippen LogP contribution is 2.12. The number of aromatic amines is 1. The van der Waals surface area contributed by atoms with E-state index in [4.69, 9.17) is 0 Å². The van der Waals surface area contributed by atoms with Crippen molar-refractivity contribution in [2.75, 3.05) is 14.1 Å². The second-order valence-electron chi connectivity index (χ2n) is 4.18. The zero-order valence-corrected chi connectivity index (χ0v) is 10.7. The van der Waals surface area contributed by atoms with Crippen molar-refractivity contribution in [3.8, 4) is 5.69 Å². The maximum absolute atomic E-state index is 12.1. The Morgan fingerprint density at radius 2 is 1.95 bits per heavy atom. The maximum Gasteiger partial charge on any atom is 0.284 e. The minimum atomic E-state index is -0.410. The number of benzene rings is 1. The number of carbonyl (C=O) groups excluding carboxylic acids is 1. The van der Waals surface area contributed by atoms with Crippen molar-refractivity contribution in [3.05, 3.63) is 46.2 Å². The Morgan fingerprint density at radius 3 is 2.53 bits per heavy atom. The highest BCUT2D eigenvalue weighted by atomic mass is 16.1. The Morgan fingerprint density at radius 1 is 1.26 bits per heavy atom. The molecule has 0 aliphatic carbocycles. The number of rotatable bonds is 4. The minimum Gasteiger partial charge on any atom is -0.369 e. The average Bonchev–Trinajstić information content (AvgIpc) is 2.73. The minimum absolute atomic E-state index is 0.0157. The number of aliphatic imine (C=N–C) groups is 1. The van der Waals surface area contributed by atoms with E-state index in [0.717, 1.165) is 0 Å². The number of hydrogen-bond donors (Lipinski definition) is 1. The number of para-hydroxylation sites is 1. The van der Waals surface area contributed by atoms with Gasteiger partial charge >= 0.3 is 0 Å². The van der Waals surface area contributed by atoms with E-state index in [-0.39, 0.29) is 11.4 Å². The molecule has 0 unspecified atom stereocenters. The lowest BCUT2D eigenvalue weighted by molar-refractivity contribution is 0.112. The summed E-state index contributed by atoms with van der Waals surface area (Å²) in [5, 5.41) is 2.82. The molecule has 0 bridgehead atoms. The number of nitrogens with one attached hydrogen (secondary N) is 1. The summed E-state index contributed by atoms with van der Waals surface area (Å²) in [6.07, 6.45) is 2.04. The molecule has 6 heteroatoms. The third-order valence-electron chi connectivity index (χ3n) is 2.46. The van der Waals surface area contributed by atoms with Crippen LogP contribution in [0.4, 0.5) is 5.82 Å². The molecule has 6 nitrogen and oxygen atoms in total. The van der Waals surface area contributed by atoms with E-state index in [1.807, 2.05) is 18.2 Å². The van der Waals surface area contributed by atoms with E-state index >= 15 is 0 Å². The molecule has 1 heterocycles. The van der Waals surface area contributed by atoms with Gasteiger partial charge in [0.2, 0.25) is 0 Å². The fourth-order valence-electron chi connectivity index (χ4n) is 1.58. The zero-order valence-electron chi connectivity index (χ0n) is 10.7. The number of H-pyrrole nitrogens is 1. The fraction of sp³-hybridized carbons (Fsp3) is 0.154. The summed E-state index contributed by atoms with van der Waals surface area (Å²) in [6.45, 7) is 0. The van der Waals surface area contributed by atoms with Gasteiger partial charge in [-0.2, -0.15) is 0 Å². The molecule has 0 radical (unpaired) electrons. The molecule has 0 amide bonds. The summed E-state index contributed by atoms with van der Waals surface area (Å²) in [5.41, 5.74) is 0.260. The van der Waals surface area contributed by atoms with Gasteiger partial charge in [0, 0.05) is 14.1 Å². The van der Waals surface area contributed by atoms with Crippen LogP contribution in [0.3, 0.4) is 0 Å². The molecule has 19 heavy (non-hydrogen) atoms. The van der Waals surface area contributed by atoms with Crippen molar-refractivity contribution in [2.24, 2.45) is 4.99 Å². The number of nitrogens with zero attached hydrogens (tertiary/aromatic N) is 3. The molecule has 98 valence electrons. The fourth-order valence-corrected chi connectivity index (χ4v) is 1.58. The van der Waals surface area contributed by atoms with Crippen LogP contribution in [0.1, 0.15) is 10.4 Å². The topological polar surface area (TPSA) is 70.5 Å². The van der Waals surface area contributed by atoms with Gasteiger partial charge in [0.15, 0.2) is 12.1 Å². The van der Waals surface area contributed by atoms with Crippen molar-refractivity contribution in [1.29, 1.82) is 0 Å². The smallest absolute Gasteiger partial charge is 0.284 e. The summed E-state index contributed by atoms with van der Waals surface area (Å²) in [4.78, 5) is 28.9. The molecule has 0 atom stereocenters.